The molecule has 7 heteroatoms. The molecule has 1 atom stereocenters. The molecular formula is C14H19BrN4O2. The fourth-order valence-corrected chi connectivity index (χ4v) is 2.79. The predicted molar refractivity (Wildman–Crippen MR) is 82.6 cm³/mol. The van der Waals surface area contributed by atoms with Crippen molar-refractivity contribution < 1.29 is 9.59 Å². The molecule has 0 aliphatic carbocycles. The summed E-state index contributed by atoms with van der Waals surface area (Å²) in [5.41, 5.74) is 5.92. The fourth-order valence-electron chi connectivity index (χ4n) is 2.43. The molecule has 1 aliphatic heterocycles. The summed E-state index contributed by atoms with van der Waals surface area (Å²) in [5.74, 6) is -0.264. The van der Waals surface area contributed by atoms with E-state index in [4.69, 9.17) is 5.73 Å². The average Bonchev–Trinajstić information content (AvgIpc) is 2.52. The summed E-state index contributed by atoms with van der Waals surface area (Å²) in [6.45, 7) is 2.01. The van der Waals surface area contributed by atoms with E-state index in [9.17, 15) is 9.59 Å². The summed E-state index contributed by atoms with van der Waals surface area (Å²) in [4.78, 5) is 30.2. The van der Waals surface area contributed by atoms with E-state index in [0.29, 0.717) is 31.7 Å². The van der Waals surface area contributed by atoms with Crippen LogP contribution in [-0.2, 0) is 4.79 Å². The Balaban J connectivity index is 2.00. The zero-order valence-corrected chi connectivity index (χ0v) is 13.3. The molecule has 0 bridgehead atoms. The van der Waals surface area contributed by atoms with Crippen molar-refractivity contribution in [3.8, 4) is 0 Å². The Bertz CT molecular complexity index is 523. The summed E-state index contributed by atoms with van der Waals surface area (Å²) in [7, 11) is 0. The molecule has 0 spiro atoms. The Morgan fingerprint density at radius 1 is 1.48 bits per heavy atom. The first-order valence-corrected chi connectivity index (χ1v) is 7.78. The van der Waals surface area contributed by atoms with E-state index in [0.717, 1.165) is 17.3 Å². The molecule has 1 unspecified atom stereocenters. The van der Waals surface area contributed by atoms with Gasteiger partial charge in [0, 0.05) is 43.0 Å². The van der Waals surface area contributed by atoms with Gasteiger partial charge in [0.15, 0.2) is 0 Å². The maximum Gasteiger partial charge on any atom is 0.255 e. The summed E-state index contributed by atoms with van der Waals surface area (Å²) >= 11 is 3.31. The second-order valence-electron chi connectivity index (χ2n) is 5.06. The van der Waals surface area contributed by atoms with Gasteiger partial charge in [-0.25, -0.2) is 0 Å². The van der Waals surface area contributed by atoms with Gasteiger partial charge in [-0.2, -0.15) is 0 Å². The second-order valence-corrected chi connectivity index (χ2v) is 5.98. The molecule has 1 aromatic heterocycles. The zero-order chi connectivity index (χ0) is 15.2. The second kappa shape index (κ2) is 7.51. The lowest BCUT2D eigenvalue weighted by atomic mass is 9.96. The van der Waals surface area contributed by atoms with E-state index in [1.807, 2.05) is 0 Å². The fraction of sp³-hybridized carbons (Fsp3) is 0.500. The number of nitrogens with two attached hydrogens (primary N) is 1. The van der Waals surface area contributed by atoms with Crippen LogP contribution in [0.2, 0.25) is 0 Å². The van der Waals surface area contributed by atoms with Crippen LogP contribution in [0.25, 0.3) is 0 Å². The number of rotatable bonds is 4. The number of likely N-dealkylation sites (tertiary alicyclic amines) is 1. The van der Waals surface area contributed by atoms with Crippen molar-refractivity contribution in [2.45, 2.75) is 12.8 Å². The van der Waals surface area contributed by atoms with Gasteiger partial charge in [-0.05, 0) is 34.8 Å². The maximum atomic E-state index is 12.4. The Morgan fingerprint density at radius 3 is 3.00 bits per heavy atom. The SMILES string of the molecule is NCCNC(=O)C1CCCN(C(=O)c2cncc(Br)c2)C1. The first-order valence-electron chi connectivity index (χ1n) is 6.99. The Labute approximate surface area is 132 Å². The van der Waals surface area contributed by atoms with Crippen molar-refractivity contribution in [2.75, 3.05) is 26.2 Å². The normalized spacial score (nSPS) is 18.4. The van der Waals surface area contributed by atoms with Gasteiger partial charge < -0.3 is 16.0 Å². The highest BCUT2D eigenvalue weighted by atomic mass is 79.9. The van der Waals surface area contributed by atoms with E-state index < -0.39 is 0 Å². The number of nitrogens with one attached hydrogen (secondary N) is 1. The summed E-state index contributed by atoms with van der Waals surface area (Å²) < 4.78 is 0.766. The van der Waals surface area contributed by atoms with Crippen LogP contribution in [-0.4, -0.2) is 47.9 Å². The molecule has 0 radical (unpaired) electrons. The van der Waals surface area contributed by atoms with Gasteiger partial charge in [0.2, 0.25) is 5.91 Å². The lowest BCUT2D eigenvalue weighted by Gasteiger charge is -2.32. The van der Waals surface area contributed by atoms with E-state index >= 15 is 0 Å². The molecule has 1 aliphatic rings. The molecular weight excluding hydrogens is 336 g/mol. The summed E-state index contributed by atoms with van der Waals surface area (Å²) in [6, 6.07) is 1.74. The van der Waals surface area contributed by atoms with Crippen molar-refractivity contribution in [3.63, 3.8) is 0 Å². The molecule has 0 aromatic carbocycles. The first-order chi connectivity index (χ1) is 10.1. The highest BCUT2D eigenvalue weighted by Crippen LogP contribution is 2.19. The summed E-state index contributed by atoms with van der Waals surface area (Å²) in [5, 5.41) is 2.79. The van der Waals surface area contributed by atoms with Gasteiger partial charge in [-0.15, -0.1) is 0 Å². The molecule has 6 nitrogen and oxygen atoms in total. The van der Waals surface area contributed by atoms with Gasteiger partial charge in [0.1, 0.15) is 0 Å². The van der Waals surface area contributed by atoms with Gasteiger partial charge in [0.05, 0.1) is 11.5 Å². The number of amides is 2. The minimum absolute atomic E-state index is 0.0229. The number of aromatic nitrogens is 1. The molecule has 21 heavy (non-hydrogen) atoms. The molecule has 1 saturated heterocycles. The monoisotopic (exact) mass is 354 g/mol. The number of hydrogen-bond acceptors (Lipinski definition) is 4. The Kier molecular flexibility index (Phi) is 5.69. The first kappa shape index (κ1) is 15.9. The number of pyridine rings is 1. The van der Waals surface area contributed by atoms with Crippen LogP contribution in [0.15, 0.2) is 22.9 Å². The Morgan fingerprint density at radius 2 is 2.29 bits per heavy atom. The number of carbonyl (C=O) groups excluding carboxylic acids is 2. The van der Waals surface area contributed by atoms with Crippen LogP contribution in [0.1, 0.15) is 23.2 Å². The van der Waals surface area contributed by atoms with Gasteiger partial charge in [-0.1, -0.05) is 0 Å². The smallest absolute Gasteiger partial charge is 0.255 e. The molecule has 1 fully saturated rings. The molecule has 2 heterocycles. The third-order valence-electron chi connectivity index (χ3n) is 3.47. The largest absolute Gasteiger partial charge is 0.355 e. The molecule has 0 saturated carbocycles. The van der Waals surface area contributed by atoms with Crippen molar-refractivity contribution in [3.05, 3.63) is 28.5 Å². The predicted octanol–water partition coefficient (Wildman–Crippen LogP) is 0.771. The van der Waals surface area contributed by atoms with Gasteiger partial charge >= 0.3 is 0 Å². The topological polar surface area (TPSA) is 88.3 Å². The number of halogens is 1. The minimum Gasteiger partial charge on any atom is -0.355 e. The van der Waals surface area contributed by atoms with Crippen LogP contribution < -0.4 is 11.1 Å². The standard InChI is InChI=1S/C14H19BrN4O2/c15-12-6-11(7-17-8-12)14(21)19-5-1-2-10(9-19)13(20)18-4-3-16/h6-8,10H,1-5,9,16H2,(H,18,20). The van der Waals surface area contributed by atoms with Crippen molar-refractivity contribution >= 4 is 27.7 Å². The molecule has 3 N–H and O–H groups in total. The van der Waals surface area contributed by atoms with E-state index in [2.05, 4.69) is 26.2 Å². The van der Waals surface area contributed by atoms with Gasteiger partial charge in [-0.3, -0.25) is 14.6 Å². The van der Waals surface area contributed by atoms with Crippen LogP contribution in [0.3, 0.4) is 0 Å². The van der Waals surface area contributed by atoms with E-state index in [1.54, 1.807) is 23.4 Å². The zero-order valence-electron chi connectivity index (χ0n) is 11.7. The minimum atomic E-state index is -0.158. The lowest BCUT2D eigenvalue weighted by Crippen LogP contribution is -2.46. The number of piperidine rings is 1. The van der Waals surface area contributed by atoms with E-state index in [-0.39, 0.29) is 17.7 Å². The molecule has 114 valence electrons. The Hall–Kier alpha value is -1.47. The third-order valence-corrected chi connectivity index (χ3v) is 3.91. The maximum absolute atomic E-state index is 12.4. The number of hydrogen-bond donors (Lipinski definition) is 2. The van der Waals surface area contributed by atoms with Gasteiger partial charge in [0.25, 0.3) is 5.91 Å². The number of nitrogens with zero attached hydrogens (tertiary/aromatic N) is 2. The van der Waals surface area contributed by atoms with Crippen LogP contribution in [0, 0.1) is 5.92 Å². The lowest BCUT2D eigenvalue weighted by molar-refractivity contribution is -0.126. The molecule has 2 rings (SSSR count). The molecule has 2 amide bonds. The highest BCUT2D eigenvalue weighted by molar-refractivity contribution is 9.10. The van der Waals surface area contributed by atoms with E-state index in [1.165, 1.54) is 0 Å². The van der Waals surface area contributed by atoms with Crippen LogP contribution in [0.5, 0.6) is 0 Å². The third kappa shape index (κ3) is 4.25. The quantitative estimate of drug-likeness (QED) is 0.835. The highest BCUT2D eigenvalue weighted by Gasteiger charge is 2.28. The van der Waals surface area contributed by atoms with Crippen molar-refractivity contribution in [1.82, 2.24) is 15.2 Å². The van der Waals surface area contributed by atoms with Crippen LogP contribution >= 0.6 is 15.9 Å². The number of carbonyl (C=O) groups is 2. The van der Waals surface area contributed by atoms with Crippen LogP contribution in [0.4, 0.5) is 0 Å². The van der Waals surface area contributed by atoms with Crippen molar-refractivity contribution in [2.24, 2.45) is 11.7 Å². The summed E-state index contributed by atoms with van der Waals surface area (Å²) in [6.07, 6.45) is 4.81. The average molecular weight is 355 g/mol. The van der Waals surface area contributed by atoms with Crippen molar-refractivity contribution in [1.29, 1.82) is 0 Å². The molecule has 1 aromatic rings.